The fraction of sp³-hybridized carbons (Fsp3) is 0.400. The Bertz CT molecular complexity index is 692. The van der Waals surface area contributed by atoms with Gasteiger partial charge in [0.25, 0.3) is 0 Å². The predicted octanol–water partition coefficient (Wildman–Crippen LogP) is 3.06. The lowest BCUT2D eigenvalue weighted by Gasteiger charge is -2.16. The van der Waals surface area contributed by atoms with E-state index in [2.05, 4.69) is 10.4 Å². The Morgan fingerprint density at radius 1 is 1.19 bits per heavy atom. The van der Waals surface area contributed by atoms with E-state index >= 15 is 0 Å². The van der Waals surface area contributed by atoms with Crippen LogP contribution in [0.1, 0.15) is 36.7 Å². The van der Waals surface area contributed by atoms with E-state index in [9.17, 15) is 13.2 Å². The van der Waals surface area contributed by atoms with Crippen LogP contribution in [-0.2, 0) is 13.0 Å². The molecule has 0 amide bonds. The monoisotopic (exact) mass is 295 g/mol. The minimum Gasteiger partial charge on any atom is -0.312 e. The summed E-state index contributed by atoms with van der Waals surface area (Å²) in [5, 5.41) is 7.70. The predicted molar refractivity (Wildman–Crippen MR) is 72.9 cm³/mol. The van der Waals surface area contributed by atoms with Gasteiger partial charge in [0.2, 0.25) is 0 Å². The lowest BCUT2D eigenvalue weighted by Crippen LogP contribution is -2.25. The van der Waals surface area contributed by atoms with Gasteiger partial charge in [0.05, 0.1) is 11.4 Å². The van der Waals surface area contributed by atoms with Crippen LogP contribution >= 0.6 is 0 Å². The molecule has 2 aromatic rings. The summed E-state index contributed by atoms with van der Waals surface area (Å²) in [5.74, 6) is -3.68. The highest BCUT2D eigenvalue weighted by atomic mass is 19.2. The van der Waals surface area contributed by atoms with Crippen LogP contribution in [0.3, 0.4) is 0 Å². The molecule has 2 heterocycles. The maximum Gasteiger partial charge on any atom is 0.196 e. The zero-order chi connectivity index (χ0) is 15.1. The van der Waals surface area contributed by atoms with Gasteiger partial charge in [-0.2, -0.15) is 5.10 Å². The van der Waals surface area contributed by atoms with Gasteiger partial charge in [-0.3, -0.25) is 0 Å². The molecule has 0 unspecified atom stereocenters. The van der Waals surface area contributed by atoms with Gasteiger partial charge in [0, 0.05) is 25.1 Å². The van der Waals surface area contributed by atoms with Gasteiger partial charge in [-0.1, -0.05) is 13.8 Å². The van der Waals surface area contributed by atoms with Crippen molar-refractivity contribution < 1.29 is 13.2 Å². The third-order valence-corrected chi connectivity index (χ3v) is 3.75. The molecular formula is C15H16F3N3. The van der Waals surface area contributed by atoms with Crippen molar-refractivity contribution in [3.8, 4) is 5.69 Å². The molecule has 1 aromatic carbocycles. The quantitative estimate of drug-likeness (QED) is 0.863. The second-order valence-electron chi connectivity index (χ2n) is 5.50. The fourth-order valence-electron chi connectivity index (χ4n) is 2.72. The molecule has 0 saturated carbocycles. The van der Waals surface area contributed by atoms with Gasteiger partial charge in [-0.05, 0) is 18.1 Å². The molecule has 0 radical (unpaired) electrons. The van der Waals surface area contributed by atoms with E-state index < -0.39 is 17.5 Å². The van der Waals surface area contributed by atoms with E-state index in [1.54, 1.807) is 0 Å². The summed E-state index contributed by atoms with van der Waals surface area (Å²) in [5.41, 5.74) is 2.71. The van der Waals surface area contributed by atoms with E-state index in [-0.39, 0.29) is 11.6 Å². The Balaban J connectivity index is 2.22. The van der Waals surface area contributed by atoms with Crippen LogP contribution in [0, 0.1) is 17.5 Å². The highest BCUT2D eigenvalue weighted by Crippen LogP contribution is 2.28. The molecule has 0 aliphatic carbocycles. The third-order valence-electron chi connectivity index (χ3n) is 3.75. The van der Waals surface area contributed by atoms with Crippen LogP contribution in [0.4, 0.5) is 13.2 Å². The Hall–Kier alpha value is -1.82. The molecule has 1 N–H and O–H groups in total. The molecule has 3 rings (SSSR count). The zero-order valence-corrected chi connectivity index (χ0v) is 11.9. The second-order valence-corrected chi connectivity index (χ2v) is 5.50. The van der Waals surface area contributed by atoms with Crippen LogP contribution in [0.5, 0.6) is 0 Å². The number of nitrogens with one attached hydrogen (secondary N) is 1. The number of nitrogens with zero attached hydrogens (tertiary/aromatic N) is 2. The Labute approximate surface area is 120 Å². The van der Waals surface area contributed by atoms with E-state index in [4.69, 9.17) is 0 Å². The summed E-state index contributed by atoms with van der Waals surface area (Å²) >= 11 is 0. The smallest absolute Gasteiger partial charge is 0.196 e. The molecule has 112 valence electrons. The van der Waals surface area contributed by atoms with Crippen LogP contribution < -0.4 is 5.32 Å². The first-order chi connectivity index (χ1) is 10.0. The minimum atomic E-state index is -1.46. The summed E-state index contributed by atoms with van der Waals surface area (Å²) in [6.45, 7) is 5.42. The molecular weight excluding hydrogens is 279 g/mol. The van der Waals surface area contributed by atoms with Crippen molar-refractivity contribution in [2.24, 2.45) is 0 Å². The molecule has 1 aliphatic rings. The van der Waals surface area contributed by atoms with Crippen molar-refractivity contribution >= 4 is 0 Å². The number of rotatable bonds is 2. The first-order valence-corrected chi connectivity index (χ1v) is 6.96. The van der Waals surface area contributed by atoms with Crippen molar-refractivity contribution in [1.82, 2.24) is 15.1 Å². The van der Waals surface area contributed by atoms with E-state index in [1.807, 2.05) is 13.8 Å². The van der Waals surface area contributed by atoms with E-state index in [0.717, 1.165) is 29.6 Å². The van der Waals surface area contributed by atoms with Crippen LogP contribution in [-0.4, -0.2) is 16.3 Å². The van der Waals surface area contributed by atoms with Gasteiger partial charge in [-0.15, -0.1) is 0 Å². The van der Waals surface area contributed by atoms with Crippen LogP contribution in [0.25, 0.3) is 5.69 Å². The van der Waals surface area contributed by atoms with Crippen molar-refractivity contribution in [2.75, 3.05) is 6.54 Å². The summed E-state index contributed by atoms with van der Waals surface area (Å²) in [7, 11) is 0. The average Bonchev–Trinajstić information content (AvgIpc) is 2.85. The molecule has 6 heteroatoms. The highest BCUT2D eigenvalue weighted by Gasteiger charge is 2.25. The SMILES string of the molecule is CC(C)c1nn(-c2ccc(F)c(F)c2F)c2c1CNCC2. The molecule has 1 aliphatic heterocycles. The van der Waals surface area contributed by atoms with Gasteiger partial charge < -0.3 is 5.32 Å². The second kappa shape index (κ2) is 5.18. The molecule has 1 aromatic heterocycles. The number of aromatic nitrogens is 2. The van der Waals surface area contributed by atoms with Crippen molar-refractivity contribution in [2.45, 2.75) is 32.7 Å². The summed E-state index contributed by atoms with van der Waals surface area (Å²) in [4.78, 5) is 0. The fourth-order valence-corrected chi connectivity index (χ4v) is 2.72. The van der Waals surface area contributed by atoms with Crippen molar-refractivity contribution in [3.05, 3.63) is 46.5 Å². The number of hydrogen-bond acceptors (Lipinski definition) is 2. The molecule has 21 heavy (non-hydrogen) atoms. The molecule has 0 saturated heterocycles. The van der Waals surface area contributed by atoms with E-state index in [1.165, 1.54) is 10.7 Å². The molecule has 0 spiro atoms. The Kier molecular flexibility index (Phi) is 3.49. The van der Waals surface area contributed by atoms with Crippen LogP contribution in [0.2, 0.25) is 0 Å². The first kappa shape index (κ1) is 14.1. The number of halogens is 3. The van der Waals surface area contributed by atoms with Crippen molar-refractivity contribution in [3.63, 3.8) is 0 Å². The minimum absolute atomic E-state index is 0.0426. The normalized spacial score (nSPS) is 14.6. The summed E-state index contributed by atoms with van der Waals surface area (Å²) < 4.78 is 42.0. The zero-order valence-electron chi connectivity index (χ0n) is 11.9. The standard InChI is InChI=1S/C15H16F3N3/c1-8(2)15-9-7-19-6-5-11(9)21(20-15)12-4-3-10(16)13(17)14(12)18/h3-4,8,19H,5-7H2,1-2H3. The highest BCUT2D eigenvalue weighted by molar-refractivity contribution is 5.41. The number of fused-ring (bicyclic) bond motifs is 1. The maximum absolute atomic E-state index is 14.0. The summed E-state index contributed by atoms with van der Waals surface area (Å²) in [6, 6.07) is 2.16. The Morgan fingerprint density at radius 3 is 2.67 bits per heavy atom. The van der Waals surface area contributed by atoms with Gasteiger partial charge in [-0.25, -0.2) is 17.9 Å². The first-order valence-electron chi connectivity index (χ1n) is 6.96. The van der Waals surface area contributed by atoms with Crippen LogP contribution in [0.15, 0.2) is 12.1 Å². The van der Waals surface area contributed by atoms with Crippen molar-refractivity contribution in [1.29, 1.82) is 0 Å². The largest absolute Gasteiger partial charge is 0.312 e. The topological polar surface area (TPSA) is 29.9 Å². The third kappa shape index (κ3) is 2.23. The maximum atomic E-state index is 14.0. The van der Waals surface area contributed by atoms with Gasteiger partial charge in [0.1, 0.15) is 5.69 Å². The van der Waals surface area contributed by atoms with E-state index in [0.29, 0.717) is 13.0 Å². The summed E-state index contributed by atoms with van der Waals surface area (Å²) in [6.07, 6.45) is 0.674. The molecule has 0 fully saturated rings. The Morgan fingerprint density at radius 2 is 1.95 bits per heavy atom. The molecule has 0 bridgehead atoms. The van der Waals surface area contributed by atoms with Gasteiger partial charge >= 0.3 is 0 Å². The lowest BCUT2D eigenvalue weighted by atomic mass is 10.0. The number of hydrogen-bond donors (Lipinski definition) is 1. The molecule has 0 atom stereocenters. The average molecular weight is 295 g/mol. The van der Waals surface area contributed by atoms with Gasteiger partial charge in [0.15, 0.2) is 17.5 Å². The molecule has 3 nitrogen and oxygen atoms in total. The lowest BCUT2D eigenvalue weighted by molar-refractivity contribution is 0.442. The number of benzene rings is 1.